The van der Waals surface area contributed by atoms with Crippen LogP contribution in [0.5, 0.6) is 5.75 Å². The Morgan fingerprint density at radius 1 is 1.33 bits per heavy atom. The molecule has 1 unspecified atom stereocenters. The molecule has 1 amide bonds. The first-order chi connectivity index (χ1) is 10.3. The van der Waals surface area contributed by atoms with Crippen LogP contribution in [0.3, 0.4) is 0 Å². The highest BCUT2D eigenvalue weighted by Crippen LogP contribution is 2.25. The Morgan fingerprint density at radius 3 is 2.90 bits per heavy atom. The van der Waals surface area contributed by atoms with Crippen LogP contribution in [-0.2, 0) is 17.6 Å². The van der Waals surface area contributed by atoms with E-state index in [-0.39, 0.29) is 5.91 Å². The normalized spacial score (nSPS) is 21.2. The molecular formula is C17H24N2O2. The number of benzene rings is 1. The van der Waals surface area contributed by atoms with Crippen molar-refractivity contribution in [2.45, 2.75) is 38.1 Å². The number of ether oxygens (including phenoxy) is 1. The average Bonchev–Trinajstić information content (AvgIpc) is 3.06. The van der Waals surface area contributed by atoms with Crippen molar-refractivity contribution in [2.75, 3.05) is 26.7 Å². The molecule has 4 nitrogen and oxygen atoms in total. The molecule has 1 aromatic carbocycles. The minimum absolute atomic E-state index is 0.254. The second kappa shape index (κ2) is 6.48. The van der Waals surface area contributed by atoms with Crippen molar-refractivity contribution in [3.05, 3.63) is 29.3 Å². The van der Waals surface area contributed by atoms with Crippen molar-refractivity contribution in [2.24, 2.45) is 0 Å². The fourth-order valence-corrected chi connectivity index (χ4v) is 3.34. The maximum Gasteiger partial charge on any atom is 0.236 e. The van der Waals surface area contributed by atoms with Gasteiger partial charge < -0.3 is 15.0 Å². The molecular weight excluding hydrogens is 264 g/mol. The smallest absolute Gasteiger partial charge is 0.236 e. The van der Waals surface area contributed by atoms with E-state index in [1.807, 2.05) is 11.0 Å². The highest BCUT2D eigenvalue weighted by molar-refractivity contribution is 5.78. The van der Waals surface area contributed by atoms with Gasteiger partial charge in [-0.05, 0) is 55.4 Å². The van der Waals surface area contributed by atoms with Crippen molar-refractivity contribution in [3.8, 4) is 5.75 Å². The lowest BCUT2D eigenvalue weighted by Crippen LogP contribution is -2.42. The van der Waals surface area contributed by atoms with E-state index in [2.05, 4.69) is 17.4 Å². The van der Waals surface area contributed by atoms with E-state index in [4.69, 9.17) is 4.74 Å². The number of aryl methyl sites for hydroxylation is 1. The molecule has 114 valence electrons. The van der Waals surface area contributed by atoms with Crippen molar-refractivity contribution in [1.82, 2.24) is 10.2 Å². The Balaban J connectivity index is 1.54. The van der Waals surface area contributed by atoms with E-state index < -0.39 is 0 Å². The maximum absolute atomic E-state index is 12.1. The van der Waals surface area contributed by atoms with Gasteiger partial charge in [0.15, 0.2) is 0 Å². The molecule has 2 aliphatic rings. The van der Waals surface area contributed by atoms with Gasteiger partial charge in [-0.1, -0.05) is 6.07 Å². The summed E-state index contributed by atoms with van der Waals surface area (Å²) in [5.74, 6) is 1.17. The predicted octanol–water partition coefficient (Wildman–Crippen LogP) is 1.76. The van der Waals surface area contributed by atoms with Gasteiger partial charge in [-0.2, -0.15) is 0 Å². The minimum Gasteiger partial charge on any atom is -0.497 e. The summed E-state index contributed by atoms with van der Waals surface area (Å²) in [5.41, 5.74) is 2.77. The number of rotatable bonds is 4. The molecule has 0 spiro atoms. The van der Waals surface area contributed by atoms with Gasteiger partial charge in [0, 0.05) is 19.1 Å². The van der Waals surface area contributed by atoms with Crippen molar-refractivity contribution in [1.29, 1.82) is 0 Å². The van der Waals surface area contributed by atoms with Crippen LogP contribution in [-0.4, -0.2) is 43.6 Å². The Labute approximate surface area is 126 Å². The second-order valence-corrected chi connectivity index (χ2v) is 6.04. The summed E-state index contributed by atoms with van der Waals surface area (Å²) in [6.45, 7) is 2.35. The molecule has 1 aromatic rings. The third-order valence-corrected chi connectivity index (χ3v) is 4.64. The van der Waals surface area contributed by atoms with Crippen LogP contribution in [0, 0.1) is 0 Å². The van der Waals surface area contributed by atoms with Gasteiger partial charge >= 0.3 is 0 Å². The Morgan fingerprint density at radius 2 is 2.14 bits per heavy atom. The van der Waals surface area contributed by atoms with Crippen molar-refractivity contribution < 1.29 is 9.53 Å². The Bertz CT molecular complexity index is 510. The summed E-state index contributed by atoms with van der Waals surface area (Å²) >= 11 is 0. The SMILES string of the molecule is COc1ccc2c(c1)CC(NCC(=O)N1CCCC1)CC2. The largest absolute Gasteiger partial charge is 0.497 e. The third-order valence-electron chi connectivity index (χ3n) is 4.64. The summed E-state index contributed by atoms with van der Waals surface area (Å²) in [6, 6.07) is 6.73. The quantitative estimate of drug-likeness (QED) is 0.918. The number of likely N-dealkylation sites (tertiary alicyclic amines) is 1. The molecule has 21 heavy (non-hydrogen) atoms. The van der Waals surface area contributed by atoms with E-state index in [9.17, 15) is 4.79 Å². The molecule has 3 rings (SSSR count). The predicted molar refractivity (Wildman–Crippen MR) is 82.6 cm³/mol. The van der Waals surface area contributed by atoms with Crippen LogP contribution in [0.4, 0.5) is 0 Å². The number of nitrogens with zero attached hydrogens (tertiary/aromatic N) is 1. The van der Waals surface area contributed by atoms with Gasteiger partial charge in [-0.3, -0.25) is 4.79 Å². The van der Waals surface area contributed by atoms with Gasteiger partial charge in [0.25, 0.3) is 0 Å². The summed E-state index contributed by atoms with van der Waals surface area (Å²) < 4.78 is 5.30. The van der Waals surface area contributed by atoms with E-state index in [0.29, 0.717) is 12.6 Å². The highest BCUT2D eigenvalue weighted by Gasteiger charge is 2.22. The number of carbonyl (C=O) groups is 1. The second-order valence-electron chi connectivity index (χ2n) is 6.04. The zero-order valence-electron chi connectivity index (χ0n) is 12.7. The average molecular weight is 288 g/mol. The van der Waals surface area contributed by atoms with Crippen LogP contribution in [0.1, 0.15) is 30.4 Å². The Hall–Kier alpha value is -1.55. The number of carbonyl (C=O) groups excluding carboxylic acids is 1. The Kier molecular flexibility index (Phi) is 4.44. The fourth-order valence-electron chi connectivity index (χ4n) is 3.34. The van der Waals surface area contributed by atoms with Gasteiger partial charge in [0.05, 0.1) is 13.7 Å². The number of amides is 1. The van der Waals surface area contributed by atoms with Crippen LogP contribution < -0.4 is 10.1 Å². The molecule has 4 heteroatoms. The lowest BCUT2D eigenvalue weighted by atomic mass is 9.88. The zero-order chi connectivity index (χ0) is 14.7. The maximum atomic E-state index is 12.1. The van der Waals surface area contributed by atoms with Crippen LogP contribution in [0.2, 0.25) is 0 Å². The lowest BCUT2D eigenvalue weighted by Gasteiger charge is -2.26. The molecule has 1 N–H and O–H groups in total. The van der Waals surface area contributed by atoms with Gasteiger partial charge in [0.2, 0.25) is 5.91 Å². The lowest BCUT2D eigenvalue weighted by molar-refractivity contribution is -0.129. The summed E-state index contributed by atoms with van der Waals surface area (Å²) in [7, 11) is 1.70. The van der Waals surface area contributed by atoms with Gasteiger partial charge in [0.1, 0.15) is 5.75 Å². The van der Waals surface area contributed by atoms with E-state index in [0.717, 1.165) is 50.9 Å². The third kappa shape index (κ3) is 3.38. The fraction of sp³-hybridized carbons (Fsp3) is 0.588. The number of methoxy groups -OCH3 is 1. The molecule has 1 heterocycles. The first kappa shape index (κ1) is 14.4. The molecule has 1 aliphatic heterocycles. The monoisotopic (exact) mass is 288 g/mol. The summed E-state index contributed by atoms with van der Waals surface area (Å²) in [5, 5.41) is 3.44. The molecule has 1 saturated heterocycles. The number of fused-ring (bicyclic) bond motifs is 1. The molecule has 1 fully saturated rings. The van der Waals surface area contributed by atoms with E-state index >= 15 is 0 Å². The van der Waals surface area contributed by atoms with E-state index in [1.54, 1.807) is 7.11 Å². The highest BCUT2D eigenvalue weighted by atomic mass is 16.5. The van der Waals surface area contributed by atoms with Gasteiger partial charge in [-0.15, -0.1) is 0 Å². The van der Waals surface area contributed by atoms with E-state index in [1.165, 1.54) is 11.1 Å². The molecule has 0 saturated carbocycles. The van der Waals surface area contributed by atoms with Crippen molar-refractivity contribution >= 4 is 5.91 Å². The minimum atomic E-state index is 0.254. The van der Waals surface area contributed by atoms with Crippen LogP contribution >= 0.6 is 0 Å². The molecule has 0 aromatic heterocycles. The van der Waals surface area contributed by atoms with Crippen LogP contribution in [0.15, 0.2) is 18.2 Å². The van der Waals surface area contributed by atoms with Crippen LogP contribution in [0.25, 0.3) is 0 Å². The number of hydrogen-bond acceptors (Lipinski definition) is 3. The first-order valence-electron chi connectivity index (χ1n) is 7.93. The number of hydrogen-bond donors (Lipinski definition) is 1. The summed E-state index contributed by atoms with van der Waals surface area (Å²) in [6.07, 6.45) is 5.48. The zero-order valence-corrected chi connectivity index (χ0v) is 12.7. The van der Waals surface area contributed by atoms with Gasteiger partial charge in [-0.25, -0.2) is 0 Å². The first-order valence-corrected chi connectivity index (χ1v) is 7.93. The topological polar surface area (TPSA) is 41.6 Å². The molecule has 0 bridgehead atoms. The standard InChI is InChI=1S/C17H24N2O2/c1-21-16-7-5-13-4-6-15(10-14(13)11-16)18-12-17(20)19-8-2-3-9-19/h5,7,11,15,18H,2-4,6,8-10,12H2,1H3. The van der Waals surface area contributed by atoms with Crippen molar-refractivity contribution in [3.63, 3.8) is 0 Å². The summed E-state index contributed by atoms with van der Waals surface area (Å²) in [4.78, 5) is 14.1. The molecule has 1 aliphatic carbocycles. The molecule has 0 radical (unpaired) electrons. The molecule has 1 atom stereocenters. The number of nitrogens with one attached hydrogen (secondary N) is 1.